The number of carbonyl (C=O) groups is 1. The van der Waals surface area contributed by atoms with Crippen molar-refractivity contribution in [1.82, 2.24) is 9.13 Å². The monoisotopic (exact) mass is 294 g/mol. The molecule has 2 aromatic carbocycles. The van der Waals surface area contributed by atoms with Gasteiger partial charge >= 0.3 is 0 Å². The SMILES string of the molecule is Cn1c(=S)n(C(=O)C=Cc2ccccc2)c2ccccc21. The van der Waals surface area contributed by atoms with E-state index in [2.05, 4.69) is 0 Å². The van der Waals surface area contributed by atoms with E-state index in [4.69, 9.17) is 12.2 Å². The summed E-state index contributed by atoms with van der Waals surface area (Å²) in [5.41, 5.74) is 2.76. The number of hydrogen-bond acceptors (Lipinski definition) is 2. The van der Waals surface area contributed by atoms with Gasteiger partial charge in [0.1, 0.15) is 0 Å². The molecule has 0 spiro atoms. The minimum atomic E-state index is -0.138. The van der Waals surface area contributed by atoms with E-state index >= 15 is 0 Å². The highest BCUT2D eigenvalue weighted by Crippen LogP contribution is 2.16. The van der Waals surface area contributed by atoms with Crippen molar-refractivity contribution in [2.45, 2.75) is 0 Å². The highest BCUT2D eigenvalue weighted by Gasteiger charge is 2.11. The standard InChI is InChI=1S/C17H14N2OS/c1-18-14-9-5-6-10-15(14)19(17(18)21)16(20)12-11-13-7-3-2-4-8-13/h2-12H,1H3. The first-order chi connectivity index (χ1) is 10.2. The summed E-state index contributed by atoms with van der Waals surface area (Å²) in [6, 6.07) is 17.4. The first kappa shape index (κ1) is 13.5. The minimum absolute atomic E-state index is 0.138. The van der Waals surface area contributed by atoms with Crippen LogP contribution in [0.2, 0.25) is 0 Å². The predicted octanol–water partition coefficient (Wildman–Crippen LogP) is 4.06. The van der Waals surface area contributed by atoms with Crippen LogP contribution in [0.4, 0.5) is 0 Å². The molecule has 0 amide bonds. The molecule has 4 heteroatoms. The molecule has 3 nitrogen and oxygen atoms in total. The summed E-state index contributed by atoms with van der Waals surface area (Å²) in [7, 11) is 1.87. The lowest BCUT2D eigenvalue weighted by atomic mass is 10.2. The third-order valence-corrected chi connectivity index (χ3v) is 3.86. The normalized spacial score (nSPS) is 11.3. The van der Waals surface area contributed by atoms with Crippen LogP contribution in [0.1, 0.15) is 10.4 Å². The third-order valence-electron chi connectivity index (χ3n) is 3.40. The molecule has 104 valence electrons. The zero-order chi connectivity index (χ0) is 14.8. The molecule has 1 heterocycles. The number of allylic oxidation sites excluding steroid dienone is 1. The number of aromatic nitrogens is 2. The second-order valence-electron chi connectivity index (χ2n) is 4.75. The summed E-state index contributed by atoms with van der Waals surface area (Å²) in [5, 5.41) is 0. The van der Waals surface area contributed by atoms with Crippen LogP contribution in [-0.2, 0) is 7.05 Å². The van der Waals surface area contributed by atoms with Gasteiger partial charge in [0.25, 0.3) is 5.91 Å². The Hall–Kier alpha value is -2.46. The van der Waals surface area contributed by atoms with Crippen LogP contribution in [0.5, 0.6) is 0 Å². The average molecular weight is 294 g/mol. The fourth-order valence-electron chi connectivity index (χ4n) is 2.31. The van der Waals surface area contributed by atoms with Crippen LogP contribution in [0.25, 0.3) is 17.1 Å². The molecule has 0 saturated carbocycles. The van der Waals surface area contributed by atoms with Crippen LogP contribution in [-0.4, -0.2) is 15.0 Å². The maximum absolute atomic E-state index is 12.5. The van der Waals surface area contributed by atoms with Crippen molar-refractivity contribution in [3.05, 3.63) is 71.0 Å². The molecular formula is C17H14N2OS. The Kier molecular flexibility index (Phi) is 3.54. The maximum atomic E-state index is 12.5. The van der Waals surface area contributed by atoms with E-state index < -0.39 is 0 Å². The quantitative estimate of drug-likeness (QED) is 0.526. The van der Waals surface area contributed by atoms with E-state index in [1.165, 1.54) is 0 Å². The number of nitrogens with zero attached hydrogens (tertiary/aromatic N) is 2. The summed E-state index contributed by atoms with van der Waals surface area (Å²) in [6.07, 6.45) is 3.35. The summed E-state index contributed by atoms with van der Waals surface area (Å²) < 4.78 is 3.90. The molecule has 0 fully saturated rings. The van der Waals surface area contributed by atoms with Gasteiger partial charge in [0.05, 0.1) is 11.0 Å². The lowest BCUT2D eigenvalue weighted by molar-refractivity contribution is 0.0972. The number of carbonyl (C=O) groups excluding carboxylic acids is 1. The van der Waals surface area contributed by atoms with E-state index in [1.54, 1.807) is 16.7 Å². The van der Waals surface area contributed by atoms with E-state index in [0.29, 0.717) is 4.77 Å². The number of rotatable bonds is 2. The molecule has 0 saturated heterocycles. The van der Waals surface area contributed by atoms with Gasteiger partial charge < -0.3 is 4.57 Å². The number of benzene rings is 2. The fourth-order valence-corrected chi connectivity index (χ4v) is 2.60. The smallest absolute Gasteiger partial charge is 0.257 e. The second-order valence-corrected chi connectivity index (χ2v) is 5.11. The highest BCUT2D eigenvalue weighted by molar-refractivity contribution is 7.71. The molecule has 0 radical (unpaired) electrons. The van der Waals surface area contributed by atoms with Crippen LogP contribution in [0.15, 0.2) is 60.7 Å². The van der Waals surface area contributed by atoms with Crippen molar-refractivity contribution in [3.63, 3.8) is 0 Å². The molecule has 3 rings (SSSR count). The first-order valence-corrected chi connectivity index (χ1v) is 7.03. The number of hydrogen-bond donors (Lipinski definition) is 0. The van der Waals surface area contributed by atoms with Crippen molar-refractivity contribution in [1.29, 1.82) is 0 Å². The largest absolute Gasteiger partial charge is 0.319 e. The van der Waals surface area contributed by atoms with Gasteiger partial charge in [-0.1, -0.05) is 42.5 Å². The number of aryl methyl sites for hydroxylation is 1. The molecule has 0 aliphatic rings. The van der Waals surface area contributed by atoms with Gasteiger partial charge in [0.2, 0.25) is 0 Å². The van der Waals surface area contributed by atoms with E-state index in [1.807, 2.05) is 66.2 Å². The third kappa shape index (κ3) is 2.45. The Morgan fingerprint density at radius 3 is 2.33 bits per heavy atom. The molecule has 0 aliphatic carbocycles. The molecule has 21 heavy (non-hydrogen) atoms. The highest BCUT2D eigenvalue weighted by atomic mass is 32.1. The Balaban J connectivity index is 2.05. The van der Waals surface area contributed by atoms with Crippen molar-refractivity contribution in [3.8, 4) is 0 Å². The number of imidazole rings is 1. The Bertz CT molecular complexity index is 888. The van der Waals surface area contributed by atoms with Crippen molar-refractivity contribution in [2.24, 2.45) is 7.05 Å². The molecule has 0 atom stereocenters. The predicted molar refractivity (Wildman–Crippen MR) is 87.8 cm³/mol. The average Bonchev–Trinajstić information content (AvgIpc) is 2.78. The number of para-hydroxylation sites is 2. The molecule has 0 aliphatic heterocycles. The van der Waals surface area contributed by atoms with Gasteiger partial charge in [-0.25, -0.2) is 0 Å². The van der Waals surface area contributed by atoms with Crippen molar-refractivity contribution in [2.75, 3.05) is 0 Å². The van der Waals surface area contributed by atoms with Gasteiger partial charge in [-0.2, -0.15) is 0 Å². The Morgan fingerprint density at radius 2 is 1.62 bits per heavy atom. The zero-order valence-corrected chi connectivity index (χ0v) is 12.4. The number of fused-ring (bicyclic) bond motifs is 1. The Morgan fingerprint density at radius 1 is 1.00 bits per heavy atom. The summed E-state index contributed by atoms with van der Waals surface area (Å²) >= 11 is 5.37. The van der Waals surface area contributed by atoms with Crippen LogP contribution in [0.3, 0.4) is 0 Å². The van der Waals surface area contributed by atoms with E-state index in [0.717, 1.165) is 16.6 Å². The summed E-state index contributed by atoms with van der Waals surface area (Å²) in [5.74, 6) is -0.138. The van der Waals surface area contributed by atoms with Crippen LogP contribution >= 0.6 is 12.2 Å². The van der Waals surface area contributed by atoms with Gasteiger partial charge in [0, 0.05) is 13.1 Å². The Labute approximate surface area is 127 Å². The van der Waals surface area contributed by atoms with Gasteiger partial charge in [0.15, 0.2) is 4.77 Å². The topological polar surface area (TPSA) is 26.9 Å². The fraction of sp³-hybridized carbons (Fsp3) is 0.0588. The van der Waals surface area contributed by atoms with Crippen molar-refractivity contribution < 1.29 is 4.79 Å². The summed E-state index contributed by atoms with van der Waals surface area (Å²) in [6.45, 7) is 0. The molecule has 0 unspecified atom stereocenters. The molecule has 0 N–H and O–H groups in total. The maximum Gasteiger partial charge on any atom is 0.257 e. The van der Waals surface area contributed by atoms with Gasteiger partial charge in [-0.05, 0) is 36.0 Å². The molecular weight excluding hydrogens is 280 g/mol. The van der Waals surface area contributed by atoms with Gasteiger partial charge in [-0.3, -0.25) is 9.36 Å². The summed E-state index contributed by atoms with van der Waals surface area (Å²) in [4.78, 5) is 12.5. The second kappa shape index (κ2) is 5.50. The van der Waals surface area contributed by atoms with Crippen molar-refractivity contribution >= 4 is 35.2 Å². The van der Waals surface area contributed by atoms with E-state index in [9.17, 15) is 4.79 Å². The van der Waals surface area contributed by atoms with Crippen LogP contribution in [0, 0.1) is 4.77 Å². The van der Waals surface area contributed by atoms with E-state index in [-0.39, 0.29) is 5.91 Å². The minimum Gasteiger partial charge on any atom is -0.319 e. The molecule has 0 bridgehead atoms. The lowest BCUT2D eigenvalue weighted by Gasteiger charge is -1.98. The first-order valence-electron chi connectivity index (χ1n) is 6.62. The van der Waals surface area contributed by atoms with Crippen LogP contribution < -0.4 is 0 Å². The van der Waals surface area contributed by atoms with Gasteiger partial charge in [-0.15, -0.1) is 0 Å². The molecule has 3 aromatic rings. The zero-order valence-electron chi connectivity index (χ0n) is 11.6. The molecule has 1 aromatic heterocycles. The lowest BCUT2D eigenvalue weighted by Crippen LogP contribution is -2.07.